The maximum atomic E-state index is 13.1. The van der Waals surface area contributed by atoms with Gasteiger partial charge in [-0.05, 0) is 37.5 Å². The van der Waals surface area contributed by atoms with Gasteiger partial charge in [-0.1, -0.05) is 20.8 Å². The Hall–Kier alpha value is -2.21. The molecule has 0 bridgehead atoms. The molecule has 0 spiro atoms. The standard InChI is InChI=1S/C21H32F3N3O6/c1-20(2,3)10-14(27-19(31)16-5-4-8-32-16)18(30)26-13(9-12-6-7-25-17(12)29)15(28)11-33-21(22,23)24/h12-14,16H,4-11H2,1-3H3,(H,25,29)(H,26,30)(H,27,31)/t12-,13?,14?,16+/m0/s1. The van der Waals surface area contributed by atoms with E-state index in [9.17, 15) is 32.3 Å². The normalized spacial score (nSPS) is 23.0. The maximum absolute atomic E-state index is 13.1. The Kier molecular flexibility index (Phi) is 9.24. The van der Waals surface area contributed by atoms with Crippen molar-refractivity contribution in [1.82, 2.24) is 16.0 Å². The van der Waals surface area contributed by atoms with Crippen molar-refractivity contribution < 1.29 is 41.8 Å². The van der Waals surface area contributed by atoms with Gasteiger partial charge >= 0.3 is 6.36 Å². The molecule has 2 unspecified atom stereocenters. The second-order valence-electron chi connectivity index (χ2n) is 9.60. The van der Waals surface area contributed by atoms with E-state index < -0.39 is 60.1 Å². The minimum absolute atomic E-state index is 0.167. The largest absolute Gasteiger partial charge is 0.522 e. The molecule has 3 N–H and O–H groups in total. The van der Waals surface area contributed by atoms with Gasteiger partial charge in [-0.3, -0.25) is 23.9 Å². The van der Waals surface area contributed by atoms with Crippen molar-refractivity contribution in [3.8, 4) is 0 Å². The predicted molar refractivity (Wildman–Crippen MR) is 110 cm³/mol. The molecule has 2 aliphatic heterocycles. The molecule has 0 aromatic heterocycles. The number of nitrogens with one attached hydrogen (secondary N) is 3. The fraction of sp³-hybridized carbons (Fsp3) is 0.810. The Bertz CT molecular complexity index is 732. The molecular formula is C21H32F3N3O6. The van der Waals surface area contributed by atoms with Crippen molar-refractivity contribution in [2.45, 2.75) is 77.4 Å². The Morgan fingerprint density at radius 2 is 1.85 bits per heavy atom. The first-order valence-corrected chi connectivity index (χ1v) is 11.0. The van der Waals surface area contributed by atoms with Crippen LogP contribution >= 0.6 is 0 Å². The maximum Gasteiger partial charge on any atom is 0.522 e. The van der Waals surface area contributed by atoms with Gasteiger partial charge in [-0.2, -0.15) is 0 Å². The minimum Gasteiger partial charge on any atom is -0.368 e. The van der Waals surface area contributed by atoms with Gasteiger partial charge in [0.25, 0.3) is 0 Å². The Labute approximate surface area is 190 Å². The van der Waals surface area contributed by atoms with Gasteiger partial charge in [-0.15, -0.1) is 13.2 Å². The number of halogens is 3. The zero-order chi connectivity index (χ0) is 24.8. The van der Waals surface area contributed by atoms with Crippen molar-refractivity contribution in [2.24, 2.45) is 11.3 Å². The zero-order valence-corrected chi connectivity index (χ0v) is 19.0. The topological polar surface area (TPSA) is 123 Å². The van der Waals surface area contributed by atoms with Gasteiger partial charge in [0.05, 0.1) is 6.04 Å². The summed E-state index contributed by atoms with van der Waals surface area (Å²) in [5, 5.41) is 7.68. The molecule has 2 aliphatic rings. The molecule has 0 aromatic carbocycles. The van der Waals surface area contributed by atoms with E-state index in [1.54, 1.807) is 0 Å². The van der Waals surface area contributed by atoms with Crippen LogP contribution in [0.25, 0.3) is 0 Å². The number of hydrogen-bond acceptors (Lipinski definition) is 6. The first-order chi connectivity index (χ1) is 15.2. The summed E-state index contributed by atoms with van der Waals surface area (Å²) >= 11 is 0. The lowest BCUT2D eigenvalue weighted by Crippen LogP contribution is -2.55. The van der Waals surface area contributed by atoms with Crippen LogP contribution in [0, 0.1) is 11.3 Å². The molecule has 0 aliphatic carbocycles. The van der Waals surface area contributed by atoms with Crippen molar-refractivity contribution in [2.75, 3.05) is 19.8 Å². The second-order valence-corrected chi connectivity index (χ2v) is 9.60. The van der Waals surface area contributed by atoms with E-state index in [0.29, 0.717) is 32.4 Å². The average molecular weight is 479 g/mol. The van der Waals surface area contributed by atoms with Gasteiger partial charge in [0.15, 0.2) is 5.78 Å². The van der Waals surface area contributed by atoms with Crippen molar-refractivity contribution in [3.05, 3.63) is 0 Å². The third kappa shape index (κ3) is 9.28. The van der Waals surface area contributed by atoms with E-state index in [1.807, 2.05) is 20.8 Å². The molecule has 188 valence electrons. The Morgan fingerprint density at radius 3 is 2.36 bits per heavy atom. The molecule has 4 atom stereocenters. The van der Waals surface area contributed by atoms with Crippen LogP contribution in [-0.2, 0) is 28.7 Å². The number of alkyl halides is 3. The van der Waals surface area contributed by atoms with E-state index in [0.717, 1.165) is 0 Å². The minimum atomic E-state index is -5.01. The lowest BCUT2D eigenvalue weighted by atomic mass is 9.87. The van der Waals surface area contributed by atoms with Crippen LogP contribution in [0.15, 0.2) is 0 Å². The number of carbonyl (C=O) groups is 4. The average Bonchev–Trinajstić information content (AvgIpc) is 3.35. The molecule has 2 saturated heterocycles. The highest BCUT2D eigenvalue weighted by atomic mass is 19.4. The Morgan fingerprint density at radius 1 is 1.15 bits per heavy atom. The van der Waals surface area contributed by atoms with Crippen LogP contribution in [-0.4, -0.2) is 67.8 Å². The van der Waals surface area contributed by atoms with Gasteiger partial charge in [0, 0.05) is 19.1 Å². The lowest BCUT2D eigenvalue weighted by molar-refractivity contribution is -0.321. The van der Waals surface area contributed by atoms with Crippen molar-refractivity contribution in [1.29, 1.82) is 0 Å². The van der Waals surface area contributed by atoms with Crippen LogP contribution in [0.5, 0.6) is 0 Å². The molecule has 12 heteroatoms. The smallest absolute Gasteiger partial charge is 0.368 e. The fourth-order valence-corrected chi connectivity index (χ4v) is 3.82. The lowest BCUT2D eigenvalue weighted by Gasteiger charge is -2.29. The fourth-order valence-electron chi connectivity index (χ4n) is 3.82. The third-order valence-electron chi connectivity index (χ3n) is 5.44. The molecule has 3 amide bonds. The van der Waals surface area contributed by atoms with Crippen LogP contribution < -0.4 is 16.0 Å². The molecule has 33 heavy (non-hydrogen) atoms. The molecule has 2 fully saturated rings. The summed E-state index contributed by atoms with van der Waals surface area (Å²) in [6.45, 7) is 5.08. The molecule has 9 nitrogen and oxygen atoms in total. The molecule has 0 radical (unpaired) electrons. The highest BCUT2D eigenvalue weighted by Gasteiger charge is 2.37. The predicted octanol–water partition coefficient (Wildman–Crippen LogP) is 1.20. The summed E-state index contributed by atoms with van der Waals surface area (Å²) in [4.78, 5) is 50.0. The summed E-state index contributed by atoms with van der Waals surface area (Å²) in [5.41, 5.74) is -0.393. The second kappa shape index (κ2) is 11.3. The van der Waals surface area contributed by atoms with Gasteiger partial charge < -0.3 is 20.7 Å². The number of rotatable bonds is 10. The van der Waals surface area contributed by atoms with E-state index >= 15 is 0 Å². The number of amides is 3. The van der Waals surface area contributed by atoms with Crippen LogP contribution in [0.4, 0.5) is 13.2 Å². The molecule has 2 heterocycles. The van der Waals surface area contributed by atoms with Crippen molar-refractivity contribution in [3.63, 3.8) is 0 Å². The first-order valence-electron chi connectivity index (χ1n) is 11.0. The van der Waals surface area contributed by atoms with Crippen LogP contribution in [0.3, 0.4) is 0 Å². The summed E-state index contributed by atoms with van der Waals surface area (Å²) < 4.78 is 46.3. The number of ether oxygens (including phenoxy) is 2. The van der Waals surface area contributed by atoms with E-state index in [-0.39, 0.29) is 18.7 Å². The highest BCUT2D eigenvalue weighted by Crippen LogP contribution is 2.23. The van der Waals surface area contributed by atoms with Crippen LogP contribution in [0.2, 0.25) is 0 Å². The van der Waals surface area contributed by atoms with Gasteiger partial charge in [-0.25, -0.2) is 0 Å². The Balaban J connectivity index is 2.13. The summed E-state index contributed by atoms with van der Waals surface area (Å²) in [6, 6.07) is -2.42. The first kappa shape index (κ1) is 27.0. The molecule has 0 saturated carbocycles. The van der Waals surface area contributed by atoms with Crippen LogP contribution in [0.1, 0.15) is 52.9 Å². The quantitative estimate of drug-likeness (QED) is 0.433. The monoisotopic (exact) mass is 479 g/mol. The number of hydrogen-bond donors (Lipinski definition) is 3. The summed E-state index contributed by atoms with van der Waals surface area (Å²) in [5.74, 6) is -3.17. The van der Waals surface area contributed by atoms with Gasteiger partial charge in [0.1, 0.15) is 18.8 Å². The zero-order valence-electron chi connectivity index (χ0n) is 19.0. The number of carbonyl (C=O) groups excluding carboxylic acids is 4. The molecular weight excluding hydrogens is 447 g/mol. The number of ketones is 1. The van der Waals surface area contributed by atoms with E-state index in [1.165, 1.54) is 0 Å². The molecule has 0 aromatic rings. The SMILES string of the molecule is CC(C)(C)CC(NC(=O)[C@H]1CCCO1)C(=O)NC(C[C@@H]1CCNC1=O)C(=O)COC(F)(F)F. The van der Waals surface area contributed by atoms with Gasteiger partial charge in [0.2, 0.25) is 17.7 Å². The van der Waals surface area contributed by atoms with E-state index in [2.05, 4.69) is 20.7 Å². The van der Waals surface area contributed by atoms with Crippen molar-refractivity contribution >= 4 is 23.5 Å². The summed E-state index contributed by atoms with van der Waals surface area (Å²) in [7, 11) is 0. The highest BCUT2D eigenvalue weighted by molar-refractivity contribution is 5.94. The number of Topliss-reactive ketones (excluding diaryl/α,β-unsaturated/α-hetero) is 1. The molecule has 2 rings (SSSR count). The van der Waals surface area contributed by atoms with E-state index in [4.69, 9.17) is 4.74 Å². The third-order valence-corrected chi connectivity index (χ3v) is 5.44. The summed E-state index contributed by atoms with van der Waals surface area (Å²) in [6.07, 6.45) is -4.03.